The number of rotatable bonds is 2. The van der Waals surface area contributed by atoms with Gasteiger partial charge >= 0.3 is 0 Å². The van der Waals surface area contributed by atoms with Crippen molar-refractivity contribution in [3.63, 3.8) is 0 Å². The number of hydrazine groups is 1. The SMILES string of the molecule is C[C@]1(O)CC/C=C\CN2C(=O)C3CNC(Nc4cccc(F)c4)NC3N2C2CCCC1N2. The molecule has 6 atom stereocenters. The van der Waals surface area contributed by atoms with Gasteiger partial charge in [-0.2, -0.15) is 5.01 Å². The Balaban J connectivity index is 1.40. The lowest BCUT2D eigenvalue weighted by Crippen LogP contribution is -2.69. The van der Waals surface area contributed by atoms with Gasteiger partial charge in [-0.05, 0) is 57.2 Å². The van der Waals surface area contributed by atoms with Crippen LogP contribution in [-0.4, -0.2) is 64.4 Å². The molecule has 1 aromatic carbocycles. The Morgan fingerprint density at radius 2 is 2.12 bits per heavy atom. The maximum Gasteiger partial charge on any atom is 0.244 e. The molecule has 4 aliphatic heterocycles. The number of fused-ring (bicyclic) bond motifs is 6. The summed E-state index contributed by atoms with van der Waals surface area (Å²) < 4.78 is 13.6. The van der Waals surface area contributed by atoms with Crippen molar-refractivity contribution in [2.75, 3.05) is 18.4 Å². The van der Waals surface area contributed by atoms with Crippen LogP contribution in [0.1, 0.15) is 39.0 Å². The minimum atomic E-state index is -0.801. The van der Waals surface area contributed by atoms with Crippen molar-refractivity contribution in [2.24, 2.45) is 5.92 Å². The molecule has 32 heavy (non-hydrogen) atoms. The van der Waals surface area contributed by atoms with E-state index >= 15 is 0 Å². The van der Waals surface area contributed by atoms with Crippen LogP contribution in [0.3, 0.4) is 0 Å². The Hall–Kier alpha value is -2.04. The van der Waals surface area contributed by atoms with E-state index in [1.54, 1.807) is 6.07 Å². The average Bonchev–Trinajstić information content (AvgIpc) is 3.03. The molecule has 3 saturated heterocycles. The van der Waals surface area contributed by atoms with E-state index in [4.69, 9.17) is 0 Å². The topological polar surface area (TPSA) is 91.9 Å². The van der Waals surface area contributed by atoms with E-state index < -0.39 is 5.60 Å². The average molecular weight is 445 g/mol. The summed E-state index contributed by atoms with van der Waals surface area (Å²) in [5, 5.41) is 28.9. The second-order valence-corrected chi connectivity index (χ2v) is 9.55. The predicted molar refractivity (Wildman–Crippen MR) is 119 cm³/mol. The Kier molecular flexibility index (Phi) is 5.94. The molecule has 1 aromatic rings. The van der Waals surface area contributed by atoms with Gasteiger partial charge in [0.15, 0.2) is 0 Å². The molecule has 0 aromatic heterocycles. The molecule has 1 amide bonds. The zero-order valence-electron chi connectivity index (χ0n) is 18.4. The standard InChI is InChI=1S/C23H33FN6O2/c1-23(32)11-3-2-4-12-29-21(31)17-14-25-22(26-16-8-5-7-15(24)13-16)28-20(17)30(29)19-10-6-9-18(23)27-19/h2,4-5,7-8,13,17-20,22,25-28,32H,3,6,9-12,14H2,1H3/b4-2-/t17?,18?,19?,20?,22?,23-/m0/s1. The first kappa shape index (κ1) is 21.8. The van der Waals surface area contributed by atoms with Crippen molar-refractivity contribution >= 4 is 11.6 Å². The summed E-state index contributed by atoms with van der Waals surface area (Å²) in [7, 11) is 0. The van der Waals surface area contributed by atoms with Crippen LogP contribution in [0.2, 0.25) is 0 Å². The van der Waals surface area contributed by atoms with Crippen LogP contribution < -0.4 is 21.3 Å². The molecule has 4 aliphatic rings. The predicted octanol–water partition coefficient (Wildman–Crippen LogP) is 1.28. The number of anilines is 1. The molecule has 0 radical (unpaired) electrons. The monoisotopic (exact) mass is 444 g/mol. The Labute approximate surface area is 188 Å². The van der Waals surface area contributed by atoms with Gasteiger partial charge in [-0.15, -0.1) is 0 Å². The quantitative estimate of drug-likeness (QED) is 0.439. The summed E-state index contributed by atoms with van der Waals surface area (Å²) in [4.78, 5) is 13.3. The molecule has 5 rings (SSSR count). The van der Waals surface area contributed by atoms with Crippen LogP contribution in [0.4, 0.5) is 10.1 Å². The third-order valence-electron chi connectivity index (χ3n) is 7.23. The van der Waals surface area contributed by atoms with E-state index in [1.165, 1.54) is 12.1 Å². The van der Waals surface area contributed by atoms with Crippen LogP contribution in [0.15, 0.2) is 36.4 Å². The van der Waals surface area contributed by atoms with Crippen LogP contribution in [0.25, 0.3) is 0 Å². The second kappa shape index (κ2) is 8.72. The van der Waals surface area contributed by atoms with Gasteiger partial charge in [-0.1, -0.05) is 18.2 Å². The number of hydrogen-bond acceptors (Lipinski definition) is 7. The summed E-state index contributed by atoms with van der Waals surface area (Å²) >= 11 is 0. The fraction of sp³-hybridized carbons (Fsp3) is 0.609. The van der Waals surface area contributed by atoms with E-state index in [-0.39, 0.29) is 42.3 Å². The highest BCUT2D eigenvalue weighted by Gasteiger charge is 2.52. The Morgan fingerprint density at radius 3 is 2.97 bits per heavy atom. The molecule has 0 saturated carbocycles. The molecule has 0 spiro atoms. The third-order valence-corrected chi connectivity index (χ3v) is 7.23. The second-order valence-electron chi connectivity index (χ2n) is 9.55. The number of carbonyl (C=O) groups is 1. The lowest BCUT2D eigenvalue weighted by molar-refractivity contribution is -0.146. The van der Waals surface area contributed by atoms with Crippen LogP contribution >= 0.6 is 0 Å². The molecule has 8 nitrogen and oxygen atoms in total. The fourth-order valence-electron chi connectivity index (χ4n) is 5.48. The molecule has 5 N–H and O–H groups in total. The number of benzene rings is 1. The normalized spacial score (nSPS) is 39.0. The number of aliphatic hydroxyl groups is 1. The third kappa shape index (κ3) is 4.15. The van der Waals surface area contributed by atoms with E-state index in [2.05, 4.69) is 32.4 Å². The van der Waals surface area contributed by atoms with Crippen molar-refractivity contribution in [3.8, 4) is 0 Å². The van der Waals surface area contributed by atoms with Crippen LogP contribution in [-0.2, 0) is 4.79 Å². The lowest BCUT2D eigenvalue weighted by Gasteiger charge is -2.47. The molecule has 5 unspecified atom stereocenters. The molecule has 9 heteroatoms. The first-order valence-electron chi connectivity index (χ1n) is 11.7. The van der Waals surface area contributed by atoms with Gasteiger partial charge in [0, 0.05) is 18.3 Å². The van der Waals surface area contributed by atoms with Gasteiger partial charge in [0.05, 0.1) is 30.4 Å². The van der Waals surface area contributed by atoms with Gasteiger partial charge < -0.3 is 10.4 Å². The van der Waals surface area contributed by atoms with E-state index in [1.807, 2.05) is 24.1 Å². The lowest BCUT2D eigenvalue weighted by atomic mass is 9.85. The van der Waals surface area contributed by atoms with Crippen molar-refractivity contribution in [1.29, 1.82) is 0 Å². The minimum absolute atomic E-state index is 0.0216. The molecule has 4 heterocycles. The summed E-state index contributed by atoms with van der Waals surface area (Å²) in [5.41, 5.74) is -0.133. The van der Waals surface area contributed by atoms with Gasteiger partial charge in [0.1, 0.15) is 12.1 Å². The van der Waals surface area contributed by atoms with E-state index in [9.17, 15) is 14.3 Å². The fourth-order valence-corrected chi connectivity index (χ4v) is 5.48. The molecule has 2 bridgehead atoms. The van der Waals surface area contributed by atoms with Crippen molar-refractivity contribution in [3.05, 3.63) is 42.2 Å². The summed E-state index contributed by atoms with van der Waals surface area (Å²) in [5.74, 6) is -0.423. The molecular weight excluding hydrogens is 411 g/mol. The zero-order valence-corrected chi connectivity index (χ0v) is 18.4. The maximum absolute atomic E-state index is 13.6. The van der Waals surface area contributed by atoms with Crippen molar-refractivity contribution in [1.82, 2.24) is 26.0 Å². The number of nitrogens with zero attached hydrogens (tertiary/aromatic N) is 2. The molecule has 0 aliphatic carbocycles. The number of carbonyl (C=O) groups excluding carboxylic acids is 1. The zero-order chi connectivity index (χ0) is 22.3. The first-order chi connectivity index (χ1) is 15.4. The van der Waals surface area contributed by atoms with Gasteiger partial charge in [0.25, 0.3) is 0 Å². The van der Waals surface area contributed by atoms with Crippen molar-refractivity contribution < 1.29 is 14.3 Å². The van der Waals surface area contributed by atoms with E-state index in [0.717, 1.165) is 25.7 Å². The molecular formula is C23H33FN6O2. The summed E-state index contributed by atoms with van der Waals surface area (Å²) in [6, 6.07) is 6.33. The highest BCUT2D eigenvalue weighted by molar-refractivity contribution is 5.82. The summed E-state index contributed by atoms with van der Waals surface area (Å²) in [6.07, 6.45) is 7.83. The number of nitrogens with one attached hydrogen (secondary N) is 4. The molecule has 3 fully saturated rings. The Morgan fingerprint density at radius 1 is 1.25 bits per heavy atom. The number of amides is 1. The summed E-state index contributed by atoms with van der Waals surface area (Å²) in [6.45, 7) is 2.95. The Bertz CT molecular complexity index is 880. The van der Waals surface area contributed by atoms with Crippen LogP contribution in [0, 0.1) is 11.7 Å². The highest BCUT2D eigenvalue weighted by atomic mass is 19.1. The van der Waals surface area contributed by atoms with Gasteiger partial charge in [-0.3, -0.25) is 25.8 Å². The van der Waals surface area contributed by atoms with Gasteiger partial charge in [-0.25, -0.2) is 4.39 Å². The van der Waals surface area contributed by atoms with E-state index in [0.29, 0.717) is 25.2 Å². The number of allylic oxidation sites excluding steroid dienone is 1. The largest absolute Gasteiger partial charge is 0.389 e. The number of halogens is 1. The highest BCUT2D eigenvalue weighted by Crippen LogP contribution is 2.34. The smallest absolute Gasteiger partial charge is 0.244 e. The minimum Gasteiger partial charge on any atom is -0.389 e. The first-order valence-corrected chi connectivity index (χ1v) is 11.7. The van der Waals surface area contributed by atoms with Crippen molar-refractivity contribution in [2.45, 2.75) is 69.3 Å². The van der Waals surface area contributed by atoms with Gasteiger partial charge in [0.2, 0.25) is 5.91 Å². The number of hydrogen-bond donors (Lipinski definition) is 5. The maximum atomic E-state index is 13.6. The molecule has 174 valence electrons. The number of piperidine rings is 1. The van der Waals surface area contributed by atoms with Crippen LogP contribution in [0.5, 0.6) is 0 Å².